The summed E-state index contributed by atoms with van der Waals surface area (Å²) in [6.45, 7) is 13.2. The maximum atomic E-state index is 13.1. The highest BCUT2D eigenvalue weighted by Gasteiger charge is 2.57. The maximum Gasteiger partial charge on any atom is 0.416 e. The van der Waals surface area contributed by atoms with Gasteiger partial charge < -0.3 is 14.2 Å². The molecule has 0 unspecified atom stereocenters. The van der Waals surface area contributed by atoms with Gasteiger partial charge in [-0.05, 0) is 228 Å². The fraction of sp³-hybridized carbons (Fsp3) is 0.488. The molecule has 6 saturated carbocycles. The first-order valence-corrected chi connectivity index (χ1v) is 35.5. The average Bonchev–Trinajstić information content (AvgIpc) is 1.57. The highest BCUT2D eigenvalue weighted by Crippen LogP contribution is 2.58. The highest BCUT2D eigenvalue weighted by molar-refractivity contribution is 5.77. The van der Waals surface area contributed by atoms with Crippen LogP contribution in [0.5, 0.6) is 0 Å². The summed E-state index contributed by atoms with van der Waals surface area (Å²) in [5.74, 6) is 7.72. The molecule has 2 aromatic carbocycles. The molecule has 96 heavy (non-hydrogen) atoms. The van der Waals surface area contributed by atoms with Crippen LogP contribution in [0.15, 0.2) is 146 Å². The smallest absolute Gasteiger partial charge is 0.416 e. The molecule has 9 aliphatic rings. The van der Waals surface area contributed by atoms with E-state index in [0.29, 0.717) is 75.9 Å². The standard InChI is InChI=1S/C28H30F3NO2.C28H30N2O2.C26H30N2O2/c1-16-6-10-23-20(12-16)14-25-26(17(2)34-27(25)33)24(23)11-9-22-8-7-19(15-32-22)18-4-3-5-21(13-18)28(29,30)31;1-17-7-11-24-21(13-17)14-26-27(18(2)32-28(26)31)25(24)12-10-22-9-8-20(16-30-22)23-6-4-3-5-19(23)15-29;1-16-6-10-21-19(13-16)14-23-25(17(2)30-26(23)29)22(21)11-9-20-8-7-18(15-28-20)24-5-3-4-12-27-24/h3-5,7-9,11,13,15-17,20,23-26H,6,10,12,14H2,1-2H3;3-6,8-10,12,16-18,21,24-27H,7,11,13-14H2,1-2H3;3-5,7-9,11-12,15-17,19,21-23,25H,6,10,13-14H2,1-2H3/b11-9+;12-10+;11-9+/t16-,17-,20+,23-,24+,25-,26+;17-,18-,21+,24-,25+,26-,27+;16-,17-,19+,21-,22+,23-,25+/m111/s1. The number of nitrogens with zero attached hydrogens (tertiary/aromatic N) is 5. The van der Waals surface area contributed by atoms with Crippen LogP contribution in [0.25, 0.3) is 51.7 Å². The number of carbonyl (C=O) groups excluding carboxylic acids is 3. The van der Waals surface area contributed by atoms with E-state index in [1.165, 1.54) is 63.9 Å². The second-order valence-corrected chi connectivity index (χ2v) is 29.9. The minimum atomic E-state index is -4.37. The van der Waals surface area contributed by atoms with Gasteiger partial charge in [0.25, 0.3) is 0 Å². The molecule has 3 aliphatic heterocycles. The van der Waals surface area contributed by atoms with Gasteiger partial charge in [-0.3, -0.25) is 34.3 Å². The molecule has 14 heteroatoms. The second kappa shape index (κ2) is 28.6. The van der Waals surface area contributed by atoms with E-state index in [0.717, 1.165) is 82.7 Å². The van der Waals surface area contributed by atoms with Gasteiger partial charge in [0.15, 0.2) is 0 Å². The molecule has 500 valence electrons. The number of hydrogen-bond acceptors (Lipinski definition) is 11. The van der Waals surface area contributed by atoms with Crippen LogP contribution in [0.3, 0.4) is 0 Å². The molecule has 6 aliphatic carbocycles. The molecule has 0 radical (unpaired) electrons. The van der Waals surface area contributed by atoms with E-state index >= 15 is 0 Å². The van der Waals surface area contributed by atoms with Crippen molar-refractivity contribution in [3.63, 3.8) is 0 Å². The van der Waals surface area contributed by atoms with Gasteiger partial charge in [0.1, 0.15) is 18.3 Å². The topological polar surface area (TPSA) is 154 Å². The summed E-state index contributed by atoms with van der Waals surface area (Å²) in [6, 6.07) is 32.9. The van der Waals surface area contributed by atoms with Gasteiger partial charge >= 0.3 is 24.1 Å². The SMILES string of the molecule is C[C@@H]1CC[C@@H]2[C@@H](C1)C[C@H]1C(=O)O[C@H](C)[C@H]1[C@H]2/C=C/c1ccc(-c2cccc(C(F)(F)F)c2)cn1.C[C@@H]1CC[C@@H]2[C@@H](C1)C[C@H]1C(=O)O[C@H](C)[C@H]1[C@H]2/C=C/c1ccc(-c2ccccc2C#N)cn1.C[C@@H]1CC[C@@H]2[C@@H](C1)C[C@H]1C(=O)O[C@H](C)[C@H]1[C@H]2/C=C/c1ccc(-c2ccccn2)cn1. The first-order valence-electron chi connectivity index (χ1n) is 35.5. The van der Waals surface area contributed by atoms with E-state index in [9.17, 15) is 32.8 Å². The Bertz CT molecular complexity index is 3870. The molecule has 9 fully saturated rings. The molecular weight excluding hydrogens is 1210 g/mol. The first-order chi connectivity index (χ1) is 46.3. The van der Waals surface area contributed by atoms with Crippen molar-refractivity contribution in [1.29, 1.82) is 5.26 Å². The minimum Gasteiger partial charge on any atom is -0.462 e. The molecule has 15 rings (SSSR count). The van der Waals surface area contributed by atoms with Gasteiger partial charge in [-0.2, -0.15) is 18.4 Å². The number of ether oxygens (including phenoxy) is 3. The summed E-state index contributed by atoms with van der Waals surface area (Å²) in [4.78, 5) is 55.8. The lowest BCUT2D eigenvalue weighted by molar-refractivity contribution is -0.145. The van der Waals surface area contributed by atoms with Crippen molar-refractivity contribution >= 4 is 36.1 Å². The maximum absolute atomic E-state index is 13.1. The van der Waals surface area contributed by atoms with Crippen molar-refractivity contribution in [3.8, 4) is 39.6 Å². The Morgan fingerprint density at radius 1 is 0.458 bits per heavy atom. The lowest BCUT2D eigenvalue weighted by Gasteiger charge is -2.47. The van der Waals surface area contributed by atoms with E-state index in [1.807, 2.05) is 92.1 Å². The number of allylic oxidation sites excluding steroid dienone is 3. The van der Waals surface area contributed by atoms with Crippen LogP contribution in [0, 0.1) is 118 Å². The van der Waals surface area contributed by atoms with Crippen molar-refractivity contribution in [3.05, 3.63) is 174 Å². The first kappa shape index (κ1) is 66.6. The summed E-state index contributed by atoms with van der Waals surface area (Å²) in [7, 11) is 0. The lowest BCUT2D eigenvalue weighted by atomic mass is 9.56. The van der Waals surface area contributed by atoms with E-state index in [-0.39, 0.29) is 71.7 Å². The summed E-state index contributed by atoms with van der Waals surface area (Å²) >= 11 is 0. The number of carbonyl (C=O) groups is 3. The molecule has 0 spiro atoms. The molecule has 0 bridgehead atoms. The number of fused-ring (bicyclic) bond motifs is 6. The third-order valence-corrected chi connectivity index (χ3v) is 23.9. The van der Waals surface area contributed by atoms with E-state index in [4.69, 9.17) is 14.2 Å². The van der Waals surface area contributed by atoms with Gasteiger partial charge in [0.05, 0.1) is 57.7 Å². The van der Waals surface area contributed by atoms with Crippen LogP contribution in [0.2, 0.25) is 0 Å². The number of hydrogen-bond donors (Lipinski definition) is 0. The Morgan fingerprint density at radius 2 is 0.885 bits per heavy atom. The Morgan fingerprint density at radius 3 is 1.29 bits per heavy atom. The number of halogens is 3. The number of pyridine rings is 4. The van der Waals surface area contributed by atoms with Crippen LogP contribution in [0.4, 0.5) is 13.2 Å². The fourth-order valence-electron chi connectivity index (χ4n) is 19.4. The Labute approximate surface area is 563 Å². The van der Waals surface area contributed by atoms with Crippen molar-refractivity contribution in [1.82, 2.24) is 19.9 Å². The van der Waals surface area contributed by atoms with Gasteiger partial charge in [-0.15, -0.1) is 0 Å². The number of alkyl halides is 3. The highest BCUT2D eigenvalue weighted by atomic mass is 19.4. The zero-order valence-corrected chi connectivity index (χ0v) is 56.0. The molecule has 4 aromatic heterocycles. The van der Waals surface area contributed by atoms with Crippen LogP contribution in [-0.2, 0) is 34.8 Å². The Kier molecular flexibility index (Phi) is 19.8. The second-order valence-electron chi connectivity index (χ2n) is 29.9. The third-order valence-electron chi connectivity index (χ3n) is 23.9. The van der Waals surface area contributed by atoms with Crippen molar-refractivity contribution in [2.75, 3.05) is 0 Å². The largest absolute Gasteiger partial charge is 0.462 e. The van der Waals surface area contributed by atoms with Gasteiger partial charge in [-0.25, -0.2) is 0 Å². The van der Waals surface area contributed by atoms with Crippen LogP contribution >= 0.6 is 0 Å². The van der Waals surface area contributed by atoms with Gasteiger partial charge in [0, 0.05) is 64.8 Å². The summed E-state index contributed by atoms with van der Waals surface area (Å²) in [5.41, 5.74) is 7.55. The number of benzene rings is 2. The third kappa shape index (κ3) is 14.2. The van der Waals surface area contributed by atoms with Crippen LogP contribution in [-0.4, -0.2) is 56.2 Å². The molecule has 11 nitrogen and oxygen atoms in total. The Balaban J connectivity index is 0.000000130. The molecule has 3 saturated heterocycles. The Hall–Kier alpha value is -8.05. The molecule has 7 heterocycles. The van der Waals surface area contributed by atoms with Crippen molar-refractivity contribution in [2.45, 2.75) is 143 Å². The number of cyclic esters (lactones) is 3. The predicted octanol–water partition coefficient (Wildman–Crippen LogP) is 18.3. The molecule has 21 atom stereocenters. The lowest BCUT2D eigenvalue weighted by Crippen LogP contribution is -2.43. The van der Waals surface area contributed by atoms with Crippen molar-refractivity contribution < 1.29 is 41.8 Å². The van der Waals surface area contributed by atoms with Crippen molar-refractivity contribution in [2.24, 2.45) is 107 Å². The van der Waals surface area contributed by atoms with Crippen LogP contribution in [0.1, 0.15) is 147 Å². The van der Waals surface area contributed by atoms with Gasteiger partial charge in [0.2, 0.25) is 0 Å². The monoisotopic (exact) mass is 1300 g/mol. The van der Waals surface area contributed by atoms with E-state index in [1.54, 1.807) is 18.5 Å². The number of esters is 3. The predicted molar refractivity (Wildman–Crippen MR) is 366 cm³/mol. The summed E-state index contributed by atoms with van der Waals surface area (Å²) in [6.07, 6.45) is 29.9. The van der Waals surface area contributed by atoms with E-state index in [2.05, 4.69) is 103 Å². The quantitative estimate of drug-likeness (QED) is 0.100. The zero-order chi connectivity index (χ0) is 66.9. The van der Waals surface area contributed by atoms with Gasteiger partial charge in [-0.1, -0.05) is 107 Å². The minimum absolute atomic E-state index is 0.0104. The fourth-order valence-corrected chi connectivity index (χ4v) is 19.4. The zero-order valence-electron chi connectivity index (χ0n) is 56.0. The van der Waals surface area contributed by atoms with E-state index < -0.39 is 11.7 Å². The molecule has 0 N–H and O–H groups in total. The molecule has 0 amide bonds. The summed E-state index contributed by atoms with van der Waals surface area (Å²) in [5, 5.41) is 9.37. The average molecular weight is 1300 g/mol. The number of nitriles is 1. The molecular formula is C82H90F3N5O6. The number of aromatic nitrogens is 4. The number of rotatable bonds is 9. The molecule has 6 aromatic rings. The summed E-state index contributed by atoms with van der Waals surface area (Å²) < 4.78 is 56.2. The normalized spacial score (nSPS) is 34.3. The van der Waals surface area contributed by atoms with Crippen LogP contribution < -0.4 is 0 Å².